The van der Waals surface area contributed by atoms with E-state index in [1.54, 1.807) is 19.9 Å². The average molecular weight is 271 g/mol. The summed E-state index contributed by atoms with van der Waals surface area (Å²) in [5, 5.41) is 26.9. The highest BCUT2D eigenvalue weighted by Gasteiger charge is 2.07. The lowest BCUT2D eigenvalue weighted by atomic mass is 10.1. The topological polar surface area (TPSA) is 71.0 Å². The van der Waals surface area contributed by atoms with Gasteiger partial charge < -0.3 is 10.4 Å². The van der Waals surface area contributed by atoms with Gasteiger partial charge in [0.2, 0.25) is 6.20 Å². The van der Waals surface area contributed by atoms with Gasteiger partial charge in [0.15, 0.2) is 6.04 Å². The van der Waals surface area contributed by atoms with Gasteiger partial charge in [-0.1, -0.05) is 34.3 Å². The average Bonchev–Trinajstić information content (AvgIpc) is 2.46. The van der Waals surface area contributed by atoms with E-state index in [2.05, 4.69) is 16.2 Å². The maximum absolute atomic E-state index is 11.5. The molecule has 1 rings (SSSR count). The van der Waals surface area contributed by atoms with Crippen LogP contribution in [0.5, 0.6) is 0 Å². The van der Waals surface area contributed by atoms with Crippen molar-refractivity contribution >= 4 is 11.8 Å². The summed E-state index contributed by atoms with van der Waals surface area (Å²) in [7, 11) is 0. The van der Waals surface area contributed by atoms with Gasteiger partial charge in [-0.25, -0.2) is 0 Å². The normalized spacial score (nSPS) is 14.2. The summed E-state index contributed by atoms with van der Waals surface area (Å²) in [6.07, 6.45) is 8.76. The third kappa shape index (κ3) is 4.94. The van der Waals surface area contributed by atoms with Crippen LogP contribution in [-0.2, 0) is 6.42 Å². The standard InChI is InChI=1S/C15H17N3O2/c1-4-5-14-6-8-15(9-7-14)10-11-18(20)16-12(2)13(3)17-19/h1,6-12,19H,5H2,2-3H3. The molecule has 104 valence electrons. The first-order chi connectivity index (χ1) is 9.56. The first kappa shape index (κ1) is 15.4. The van der Waals surface area contributed by atoms with E-state index in [4.69, 9.17) is 11.6 Å². The summed E-state index contributed by atoms with van der Waals surface area (Å²) in [6, 6.07) is 7.11. The molecule has 0 saturated heterocycles. The molecule has 1 atom stereocenters. The lowest BCUT2D eigenvalue weighted by molar-refractivity contribution is -0.459. The largest absolute Gasteiger partial charge is 0.595 e. The molecule has 0 bridgehead atoms. The SMILES string of the molecule is C#CCc1ccc(C=C[N+]([O-])=NC(C)C(C)=NO)cc1. The first-order valence-electron chi connectivity index (χ1n) is 6.13. The van der Waals surface area contributed by atoms with Gasteiger partial charge in [0.1, 0.15) is 0 Å². The molecule has 0 saturated carbocycles. The molecule has 0 fully saturated rings. The van der Waals surface area contributed by atoms with E-state index in [9.17, 15) is 5.21 Å². The molecule has 1 N–H and O–H groups in total. The lowest BCUT2D eigenvalue weighted by Crippen LogP contribution is -2.12. The van der Waals surface area contributed by atoms with Crippen molar-refractivity contribution in [3.05, 3.63) is 46.8 Å². The van der Waals surface area contributed by atoms with E-state index in [-0.39, 0.29) is 0 Å². The Morgan fingerprint density at radius 3 is 2.70 bits per heavy atom. The maximum Gasteiger partial charge on any atom is 0.210 e. The second-order valence-corrected chi connectivity index (χ2v) is 4.27. The third-order valence-electron chi connectivity index (χ3n) is 2.73. The van der Waals surface area contributed by atoms with Crippen molar-refractivity contribution in [3.8, 4) is 12.3 Å². The van der Waals surface area contributed by atoms with Gasteiger partial charge in [-0.3, -0.25) is 0 Å². The van der Waals surface area contributed by atoms with Gasteiger partial charge in [0, 0.05) is 12.5 Å². The fourth-order valence-electron chi connectivity index (χ4n) is 1.39. The minimum absolute atomic E-state index is 0.373. The Morgan fingerprint density at radius 1 is 1.50 bits per heavy atom. The van der Waals surface area contributed by atoms with Gasteiger partial charge >= 0.3 is 0 Å². The predicted octanol–water partition coefficient (Wildman–Crippen LogP) is 3.03. The molecular formula is C15H17N3O2. The Labute approximate surface area is 118 Å². The van der Waals surface area contributed by atoms with Crippen LogP contribution in [0.15, 0.2) is 40.7 Å². The van der Waals surface area contributed by atoms with Crippen LogP contribution in [0.1, 0.15) is 25.0 Å². The van der Waals surface area contributed by atoms with Crippen LogP contribution in [0, 0.1) is 17.6 Å². The molecule has 0 aliphatic carbocycles. The summed E-state index contributed by atoms with van der Waals surface area (Å²) < 4.78 is 0. The number of rotatable bonds is 5. The molecule has 5 heteroatoms. The number of terminal acetylenes is 1. The highest BCUT2D eigenvalue weighted by atomic mass is 16.5. The van der Waals surface area contributed by atoms with Gasteiger partial charge in [-0.05, 0) is 30.1 Å². The summed E-state index contributed by atoms with van der Waals surface area (Å²) in [6.45, 7) is 3.26. The molecule has 0 aromatic heterocycles. The van der Waals surface area contributed by atoms with Crippen molar-refractivity contribution in [1.82, 2.24) is 0 Å². The van der Waals surface area contributed by atoms with Crippen LogP contribution in [-0.4, -0.2) is 21.8 Å². The van der Waals surface area contributed by atoms with Crippen molar-refractivity contribution in [1.29, 1.82) is 0 Å². The molecule has 0 radical (unpaired) electrons. The van der Waals surface area contributed by atoms with Crippen molar-refractivity contribution < 1.29 is 10.1 Å². The Bertz CT molecular complexity index is 566. The second kappa shape index (κ2) is 7.74. The lowest BCUT2D eigenvalue weighted by Gasteiger charge is -2.01. The van der Waals surface area contributed by atoms with E-state index >= 15 is 0 Å². The summed E-state index contributed by atoms with van der Waals surface area (Å²) in [4.78, 5) is 0.453. The zero-order valence-corrected chi connectivity index (χ0v) is 11.5. The van der Waals surface area contributed by atoms with Crippen molar-refractivity contribution in [2.45, 2.75) is 26.3 Å². The number of oxime groups is 1. The predicted molar refractivity (Wildman–Crippen MR) is 78.4 cm³/mol. The van der Waals surface area contributed by atoms with Gasteiger partial charge in [0.05, 0.1) is 5.71 Å². The number of benzene rings is 1. The van der Waals surface area contributed by atoms with Gasteiger partial charge in [-0.2, -0.15) is 0 Å². The molecule has 5 nitrogen and oxygen atoms in total. The van der Waals surface area contributed by atoms with Crippen molar-refractivity contribution in [2.75, 3.05) is 0 Å². The molecular weight excluding hydrogens is 254 g/mol. The Hall–Kier alpha value is -2.61. The number of hydrogen-bond acceptors (Lipinski definition) is 4. The van der Waals surface area contributed by atoms with E-state index in [1.807, 2.05) is 24.3 Å². The van der Waals surface area contributed by atoms with Crippen LogP contribution in [0.25, 0.3) is 6.08 Å². The molecule has 0 aliphatic rings. The van der Waals surface area contributed by atoms with Gasteiger partial charge in [-0.15, -0.1) is 12.3 Å². The maximum atomic E-state index is 11.5. The number of nitrogens with zero attached hydrogens (tertiary/aromatic N) is 3. The van der Waals surface area contributed by atoms with Gasteiger partial charge in [0.25, 0.3) is 0 Å². The minimum atomic E-state index is -0.472. The molecule has 1 unspecified atom stereocenters. The molecule has 1 aromatic carbocycles. The van der Waals surface area contributed by atoms with Crippen LogP contribution in [0.2, 0.25) is 0 Å². The first-order valence-corrected chi connectivity index (χ1v) is 6.13. The summed E-state index contributed by atoms with van der Waals surface area (Å²) >= 11 is 0. The highest BCUT2D eigenvalue weighted by Crippen LogP contribution is 2.07. The van der Waals surface area contributed by atoms with E-state index < -0.39 is 6.04 Å². The molecule has 0 amide bonds. The number of hydroxylamine groups is 1. The highest BCUT2D eigenvalue weighted by molar-refractivity contribution is 5.86. The van der Waals surface area contributed by atoms with Crippen LogP contribution < -0.4 is 0 Å². The quantitative estimate of drug-likeness (QED) is 0.223. The molecule has 0 heterocycles. The number of azo groups is 1. The smallest absolute Gasteiger partial charge is 0.210 e. The fourth-order valence-corrected chi connectivity index (χ4v) is 1.39. The van der Waals surface area contributed by atoms with Crippen LogP contribution >= 0.6 is 0 Å². The molecule has 0 spiro atoms. The van der Waals surface area contributed by atoms with Crippen LogP contribution in [0.3, 0.4) is 0 Å². The van der Waals surface area contributed by atoms with E-state index in [0.29, 0.717) is 17.0 Å². The zero-order chi connectivity index (χ0) is 15.0. The minimum Gasteiger partial charge on any atom is -0.595 e. The Morgan fingerprint density at radius 2 is 2.15 bits per heavy atom. The summed E-state index contributed by atoms with van der Waals surface area (Å²) in [5.41, 5.74) is 2.30. The third-order valence-corrected chi connectivity index (χ3v) is 2.73. The summed E-state index contributed by atoms with van der Waals surface area (Å²) in [5.74, 6) is 2.57. The van der Waals surface area contributed by atoms with E-state index in [0.717, 1.165) is 11.1 Å². The monoisotopic (exact) mass is 271 g/mol. The fraction of sp³-hybridized carbons (Fsp3) is 0.267. The van der Waals surface area contributed by atoms with Crippen molar-refractivity contribution in [2.24, 2.45) is 10.3 Å². The molecule has 20 heavy (non-hydrogen) atoms. The zero-order valence-electron chi connectivity index (χ0n) is 11.5. The van der Waals surface area contributed by atoms with E-state index in [1.165, 1.54) is 6.20 Å². The molecule has 0 aliphatic heterocycles. The van der Waals surface area contributed by atoms with Crippen molar-refractivity contribution in [3.63, 3.8) is 0 Å². The Kier molecular flexibility index (Phi) is 5.98. The number of hydrogen-bond donors (Lipinski definition) is 1. The second-order valence-electron chi connectivity index (χ2n) is 4.27. The molecule has 1 aromatic rings. The van der Waals surface area contributed by atoms with Crippen LogP contribution in [0.4, 0.5) is 0 Å². The Balaban J connectivity index is 2.72.